The predicted octanol–water partition coefficient (Wildman–Crippen LogP) is 1.13. The second-order valence-electron chi connectivity index (χ2n) is 6.78. The van der Waals surface area contributed by atoms with E-state index in [9.17, 15) is 10.2 Å². The first kappa shape index (κ1) is 13.1. The number of fused-ring (bicyclic) bond motifs is 4. The van der Waals surface area contributed by atoms with Crippen LogP contribution in [0.2, 0.25) is 0 Å². The quantitative estimate of drug-likeness (QED) is 0.774. The average molecular weight is 284 g/mol. The minimum atomic E-state index is -0.647. The molecule has 0 spiro atoms. The lowest BCUT2D eigenvalue weighted by Crippen LogP contribution is -3.17. The standard InChI is InChI=1S/C18H21NO2/c20-17-14(6-5-13-3-1-2-4-16(13)17)11-18(21)12-19-9-7-15(18)8-10-19/h1-6,15,20-21H,7-12H2/p+1/t18-/m0/s1. The Labute approximate surface area is 124 Å². The molecule has 0 amide bonds. The second-order valence-corrected chi connectivity index (χ2v) is 6.78. The van der Waals surface area contributed by atoms with Gasteiger partial charge in [-0.1, -0.05) is 36.4 Å². The summed E-state index contributed by atoms with van der Waals surface area (Å²) in [4.78, 5) is 1.51. The third-order valence-electron chi connectivity index (χ3n) is 5.49. The van der Waals surface area contributed by atoms with E-state index >= 15 is 0 Å². The van der Waals surface area contributed by atoms with Crippen LogP contribution in [0.25, 0.3) is 10.8 Å². The van der Waals surface area contributed by atoms with E-state index in [1.807, 2.05) is 36.4 Å². The van der Waals surface area contributed by atoms with Gasteiger partial charge in [-0.2, -0.15) is 0 Å². The summed E-state index contributed by atoms with van der Waals surface area (Å²) < 4.78 is 0. The number of hydrogen-bond acceptors (Lipinski definition) is 2. The van der Waals surface area contributed by atoms with E-state index in [1.165, 1.54) is 18.0 Å². The molecule has 2 aromatic carbocycles. The Kier molecular flexibility index (Phi) is 2.95. The Hall–Kier alpha value is -1.58. The van der Waals surface area contributed by atoms with Crippen molar-refractivity contribution in [2.24, 2.45) is 5.92 Å². The largest absolute Gasteiger partial charge is 0.507 e. The van der Waals surface area contributed by atoms with Crippen LogP contribution in [0.5, 0.6) is 5.75 Å². The smallest absolute Gasteiger partial charge is 0.126 e. The molecule has 3 nitrogen and oxygen atoms in total. The van der Waals surface area contributed by atoms with E-state index in [1.54, 1.807) is 0 Å². The van der Waals surface area contributed by atoms with Crippen LogP contribution >= 0.6 is 0 Å². The predicted molar refractivity (Wildman–Crippen MR) is 82.6 cm³/mol. The number of quaternary nitrogens is 1. The Morgan fingerprint density at radius 1 is 1.10 bits per heavy atom. The van der Waals surface area contributed by atoms with Gasteiger partial charge < -0.3 is 15.1 Å². The molecule has 3 N–H and O–H groups in total. The van der Waals surface area contributed by atoms with Gasteiger partial charge in [-0.25, -0.2) is 0 Å². The van der Waals surface area contributed by atoms with Gasteiger partial charge in [-0.3, -0.25) is 0 Å². The molecular weight excluding hydrogens is 262 g/mol. The zero-order valence-electron chi connectivity index (χ0n) is 12.2. The molecule has 0 aliphatic carbocycles. The van der Waals surface area contributed by atoms with Crippen molar-refractivity contribution in [1.29, 1.82) is 0 Å². The number of nitrogens with one attached hydrogen (secondary N) is 1. The fraction of sp³-hybridized carbons (Fsp3) is 0.444. The summed E-state index contributed by atoms with van der Waals surface area (Å²) in [6.07, 6.45) is 2.79. The number of piperidine rings is 3. The van der Waals surface area contributed by atoms with E-state index in [2.05, 4.69) is 0 Å². The highest BCUT2D eigenvalue weighted by Crippen LogP contribution is 2.36. The van der Waals surface area contributed by atoms with E-state index in [0.29, 0.717) is 18.1 Å². The number of aromatic hydroxyl groups is 1. The van der Waals surface area contributed by atoms with Crippen molar-refractivity contribution in [2.75, 3.05) is 19.6 Å². The molecule has 3 aliphatic rings. The van der Waals surface area contributed by atoms with Gasteiger partial charge in [0.15, 0.2) is 0 Å². The fourth-order valence-electron chi connectivity index (χ4n) is 4.30. The van der Waals surface area contributed by atoms with E-state index in [4.69, 9.17) is 0 Å². The fourth-order valence-corrected chi connectivity index (χ4v) is 4.30. The zero-order chi connectivity index (χ0) is 14.4. The molecule has 1 atom stereocenters. The van der Waals surface area contributed by atoms with Crippen molar-refractivity contribution in [3.63, 3.8) is 0 Å². The van der Waals surface area contributed by atoms with Crippen molar-refractivity contribution >= 4 is 10.8 Å². The van der Waals surface area contributed by atoms with Crippen LogP contribution in [0, 0.1) is 5.92 Å². The van der Waals surface area contributed by atoms with Crippen LogP contribution < -0.4 is 4.90 Å². The third kappa shape index (κ3) is 2.12. The average Bonchev–Trinajstić information content (AvgIpc) is 2.51. The monoisotopic (exact) mass is 284 g/mol. The Morgan fingerprint density at radius 3 is 2.57 bits per heavy atom. The molecule has 2 bridgehead atoms. The Balaban J connectivity index is 1.69. The summed E-state index contributed by atoms with van der Waals surface area (Å²) in [6, 6.07) is 11.9. The van der Waals surface area contributed by atoms with Gasteiger partial charge in [0, 0.05) is 30.6 Å². The summed E-state index contributed by atoms with van der Waals surface area (Å²) in [5, 5.41) is 23.6. The summed E-state index contributed by atoms with van der Waals surface area (Å²) >= 11 is 0. The van der Waals surface area contributed by atoms with Crippen LogP contribution in [-0.4, -0.2) is 35.4 Å². The van der Waals surface area contributed by atoms with Crippen molar-refractivity contribution in [3.8, 4) is 5.75 Å². The highest BCUT2D eigenvalue weighted by atomic mass is 16.3. The molecule has 0 aromatic heterocycles. The molecule has 110 valence electrons. The number of rotatable bonds is 2. The molecule has 0 unspecified atom stereocenters. The van der Waals surface area contributed by atoms with E-state index < -0.39 is 5.60 Å². The number of benzene rings is 2. The van der Waals surface area contributed by atoms with Gasteiger partial charge in [0.1, 0.15) is 17.9 Å². The van der Waals surface area contributed by atoms with E-state index in [-0.39, 0.29) is 0 Å². The summed E-state index contributed by atoms with van der Waals surface area (Å²) in [5.74, 6) is 0.730. The van der Waals surface area contributed by atoms with Gasteiger partial charge in [-0.15, -0.1) is 0 Å². The minimum Gasteiger partial charge on any atom is -0.507 e. The molecule has 3 heteroatoms. The van der Waals surface area contributed by atoms with Gasteiger partial charge in [0.05, 0.1) is 13.1 Å². The van der Waals surface area contributed by atoms with E-state index in [0.717, 1.165) is 35.7 Å². The maximum absolute atomic E-state index is 11.1. The molecule has 3 aliphatic heterocycles. The number of aliphatic hydroxyl groups is 1. The number of phenols is 1. The first-order valence-electron chi connectivity index (χ1n) is 7.91. The van der Waals surface area contributed by atoms with Crippen LogP contribution in [0.15, 0.2) is 36.4 Å². The Morgan fingerprint density at radius 2 is 1.86 bits per heavy atom. The van der Waals surface area contributed by atoms with Crippen LogP contribution in [0.1, 0.15) is 18.4 Å². The molecule has 3 heterocycles. The summed E-state index contributed by atoms with van der Waals surface area (Å²) in [6.45, 7) is 3.21. The van der Waals surface area contributed by atoms with Gasteiger partial charge in [0.25, 0.3) is 0 Å². The third-order valence-corrected chi connectivity index (χ3v) is 5.49. The van der Waals surface area contributed by atoms with Crippen molar-refractivity contribution in [3.05, 3.63) is 42.0 Å². The molecule has 2 aromatic rings. The molecule has 3 saturated heterocycles. The van der Waals surface area contributed by atoms with Crippen molar-refractivity contribution in [2.45, 2.75) is 24.9 Å². The maximum atomic E-state index is 11.1. The number of phenolic OH excluding ortho intramolecular Hbond substituents is 1. The van der Waals surface area contributed by atoms with Gasteiger partial charge >= 0.3 is 0 Å². The van der Waals surface area contributed by atoms with Crippen LogP contribution in [0.4, 0.5) is 0 Å². The lowest BCUT2D eigenvalue weighted by atomic mass is 9.72. The van der Waals surface area contributed by atoms with Crippen molar-refractivity contribution < 1.29 is 15.1 Å². The SMILES string of the molecule is Oc1c(C[C@]2(O)C[NH+]3CCC2CC3)ccc2ccccc12. The first-order valence-corrected chi connectivity index (χ1v) is 7.91. The molecule has 0 saturated carbocycles. The normalized spacial score (nSPS) is 31.7. The molecular formula is C18H22NO2+. The molecule has 3 fully saturated rings. The Bertz CT molecular complexity index is 676. The lowest BCUT2D eigenvalue weighted by molar-refractivity contribution is -0.925. The number of hydrogen-bond donors (Lipinski definition) is 3. The summed E-state index contributed by atoms with van der Waals surface area (Å²) in [5.41, 5.74) is 0.232. The van der Waals surface area contributed by atoms with Gasteiger partial charge in [0.2, 0.25) is 0 Å². The highest BCUT2D eigenvalue weighted by Gasteiger charge is 2.48. The van der Waals surface area contributed by atoms with Crippen LogP contribution in [-0.2, 0) is 6.42 Å². The van der Waals surface area contributed by atoms with Crippen LogP contribution in [0.3, 0.4) is 0 Å². The molecule has 21 heavy (non-hydrogen) atoms. The zero-order valence-corrected chi connectivity index (χ0v) is 12.2. The second kappa shape index (κ2) is 4.72. The highest BCUT2D eigenvalue weighted by molar-refractivity contribution is 5.89. The molecule has 0 radical (unpaired) electrons. The lowest BCUT2D eigenvalue weighted by Gasteiger charge is -2.47. The van der Waals surface area contributed by atoms with Crippen molar-refractivity contribution in [1.82, 2.24) is 0 Å². The topological polar surface area (TPSA) is 44.9 Å². The molecule has 5 rings (SSSR count). The van der Waals surface area contributed by atoms with Gasteiger partial charge in [-0.05, 0) is 10.9 Å². The maximum Gasteiger partial charge on any atom is 0.126 e. The first-order chi connectivity index (χ1) is 10.2. The minimum absolute atomic E-state index is 0.341. The summed E-state index contributed by atoms with van der Waals surface area (Å²) in [7, 11) is 0.